The Bertz CT molecular complexity index is 389. The third-order valence-electron chi connectivity index (χ3n) is 4.93. The van der Waals surface area contributed by atoms with Crippen LogP contribution in [0.3, 0.4) is 0 Å². The average molecular weight is 269 g/mol. The molecule has 0 aromatic rings. The molecule has 1 aliphatic heterocycles. The van der Waals surface area contributed by atoms with E-state index in [1.807, 2.05) is 13.0 Å². The zero-order valence-corrected chi connectivity index (χ0v) is 10.1. The highest BCUT2D eigenvalue weighted by molar-refractivity contribution is 9.09. The van der Waals surface area contributed by atoms with Crippen LogP contribution in [0.2, 0.25) is 0 Å². The number of carbonyl (C=O) groups is 1. The molecule has 2 bridgehead atoms. The van der Waals surface area contributed by atoms with Crippen molar-refractivity contribution in [2.45, 2.75) is 30.4 Å². The topological polar surface area (TPSA) is 26.3 Å². The lowest BCUT2D eigenvalue weighted by molar-refractivity contribution is -0.125. The first-order valence-corrected chi connectivity index (χ1v) is 6.65. The van der Waals surface area contributed by atoms with Crippen LogP contribution in [0.4, 0.5) is 0 Å². The lowest BCUT2D eigenvalue weighted by Crippen LogP contribution is -2.33. The molecule has 0 radical (unpaired) electrons. The normalized spacial score (nSPS) is 62.4. The number of alkyl halides is 1. The summed E-state index contributed by atoms with van der Waals surface area (Å²) in [6.07, 6.45) is 3.51. The lowest BCUT2D eigenvalue weighted by Gasteiger charge is -2.28. The average Bonchev–Trinajstić information content (AvgIpc) is 2.84. The van der Waals surface area contributed by atoms with Gasteiger partial charge in [-0.15, -0.1) is 0 Å². The van der Waals surface area contributed by atoms with Gasteiger partial charge >= 0.3 is 0 Å². The van der Waals surface area contributed by atoms with Gasteiger partial charge in [-0.3, -0.25) is 4.79 Å². The van der Waals surface area contributed by atoms with E-state index in [0.29, 0.717) is 34.6 Å². The fourth-order valence-electron chi connectivity index (χ4n) is 4.52. The van der Waals surface area contributed by atoms with Crippen molar-refractivity contribution < 1.29 is 9.53 Å². The molecule has 0 aromatic carbocycles. The van der Waals surface area contributed by atoms with Crippen molar-refractivity contribution in [1.29, 1.82) is 0 Å². The molecule has 3 saturated carbocycles. The number of allylic oxidation sites excluding steroid dienone is 1. The zero-order chi connectivity index (χ0) is 10.3. The summed E-state index contributed by atoms with van der Waals surface area (Å²) in [7, 11) is 0. The highest BCUT2D eigenvalue weighted by atomic mass is 79.9. The number of rotatable bonds is 0. The van der Waals surface area contributed by atoms with Gasteiger partial charge in [-0.25, -0.2) is 0 Å². The SMILES string of the molecule is C/C=C1/C(=O)[C@H]2O[C@H]3[C@H](Br)[C@@H]4C[C@H]3[C@H]2[C@H]14. The van der Waals surface area contributed by atoms with E-state index >= 15 is 0 Å². The van der Waals surface area contributed by atoms with Crippen LogP contribution >= 0.6 is 15.9 Å². The number of hydrogen-bond acceptors (Lipinski definition) is 2. The number of fused-ring (bicyclic) bond motifs is 2. The van der Waals surface area contributed by atoms with E-state index in [0.717, 1.165) is 5.57 Å². The van der Waals surface area contributed by atoms with Crippen LogP contribution in [0.1, 0.15) is 13.3 Å². The number of hydrogen-bond donors (Lipinski definition) is 0. The molecule has 0 N–H and O–H groups in total. The summed E-state index contributed by atoms with van der Waals surface area (Å²) in [6.45, 7) is 1.99. The summed E-state index contributed by atoms with van der Waals surface area (Å²) in [4.78, 5) is 12.6. The first-order valence-electron chi connectivity index (χ1n) is 5.74. The summed E-state index contributed by atoms with van der Waals surface area (Å²) >= 11 is 3.76. The van der Waals surface area contributed by atoms with Crippen LogP contribution in [0.15, 0.2) is 11.6 Å². The van der Waals surface area contributed by atoms with Crippen molar-refractivity contribution in [1.82, 2.24) is 0 Å². The van der Waals surface area contributed by atoms with Gasteiger partial charge in [0.05, 0.1) is 6.10 Å². The Morgan fingerprint density at radius 2 is 2.27 bits per heavy atom. The maximum absolute atomic E-state index is 12.1. The fraction of sp³-hybridized carbons (Fsp3) is 0.750. The summed E-state index contributed by atoms with van der Waals surface area (Å²) in [5, 5.41) is 0. The summed E-state index contributed by atoms with van der Waals surface area (Å²) < 4.78 is 5.95. The minimum absolute atomic E-state index is 0.0938. The quantitative estimate of drug-likeness (QED) is 0.496. The second kappa shape index (κ2) is 2.57. The van der Waals surface area contributed by atoms with Crippen molar-refractivity contribution in [2.75, 3.05) is 0 Å². The van der Waals surface area contributed by atoms with E-state index in [-0.39, 0.29) is 11.9 Å². The predicted molar refractivity (Wildman–Crippen MR) is 58.7 cm³/mol. The van der Waals surface area contributed by atoms with Crippen LogP contribution < -0.4 is 0 Å². The molecule has 3 aliphatic carbocycles. The van der Waals surface area contributed by atoms with E-state index in [9.17, 15) is 4.79 Å². The standard InChI is InChI=1S/C12H13BrO2/c1-2-4-7-5-3-6-8(7)12(10(4)14)15-11(6)9(5)13/h2,5-9,11-12H,3H2,1H3/b4-2+/t5-,6+,7-,8+,9-,11-,12+/m1/s1. The summed E-state index contributed by atoms with van der Waals surface area (Å²) in [5.74, 6) is 2.60. The Hall–Kier alpha value is -0.150. The highest BCUT2D eigenvalue weighted by Gasteiger charge is 2.70. The fourth-order valence-corrected chi connectivity index (χ4v) is 5.58. The largest absolute Gasteiger partial charge is 0.365 e. The molecule has 0 unspecified atom stereocenters. The second-order valence-electron chi connectivity index (χ2n) is 5.24. The molecular weight excluding hydrogens is 256 g/mol. The Labute approximate surface area is 97.2 Å². The van der Waals surface area contributed by atoms with Crippen LogP contribution in [0.25, 0.3) is 0 Å². The number of Topliss-reactive ketones (excluding diaryl/α,β-unsaturated/α-hetero) is 1. The van der Waals surface area contributed by atoms with Crippen LogP contribution in [0, 0.1) is 23.7 Å². The van der Waals surface area contributed by atoms with Gasteiger partial charge in [0.2, 0.25) is 0 Å². The van der Waals surface area contributed by atoms with E-state index in [4.69, 9.17) is 4.74 Å². The van der Waals surface area contributed by atoms with E-state index in [2.05, 4.69) is 15.9 Å². The summed E-state index contributed by atoms with van der Waals surface area (Å²) in [6, 6.07) is 0. The van der Waals surface area contributed by atoms with Crippen LogP contribution in [-0.2, 0) is 9.53 Å². The first kappa shape index (κ1) is 8.94. The predicted octanol–water partition coefficient (Wildman–Crippen LogP) is 1.93. The Morgan fingerprint density at radius 3 is 3.00 bits per heavy atom. The Kier molecular flexibility index (Phi) is 1.53. The molecule has 15 heavy (non-hydrogen) atoms. The van der Waals surface area contributed by atoms with E-state index in [1.54, 1.807) is 0 Å². The van der Waals surface area contributed by atoms with E-state index < -0.39 is 0 Å². The number of halogens is 1. The van der Waals surface area contributed by atoms with Crippen LogP contribution in [-0.4, -0.2) is 22.8 Å². The molecule has 0 amide bonds. The van der Waals surface area contributed by atoms with Gasteiger partial charge in [-0.05, 0) is 36.7 Å². The van der Waals surface area contributed by atoms with Gasteiger partial charge in [-0.1, -0.05) is 22.0 Å². The Balaban J connectivity index is 1.90. The van der Waals surface area contributed by atoms with Crippen molar-refractivity contribution >= 4 is 21.7 Å². The lowest BCUT2D eigenvalue weighted by atomic mass is 9.80. The monoisotopic (exact) mass is 268 g/mol. The molecule has 3 heteroatoms. The molecule has 1 saturated heterocycles. The molecule has 7 atom stereocenters. The van der Waals surface area contributed by atoms with Crippen LogP contribution in [0.5, 0.6) is 0 Å². The summed E-state index contributed by atoms with van der Waals surface area (Å²) in [5.41, 5.74) is 1.06. The molecule has 2 nitrogen and oxygen atoms in total. The minimum Gasteiger partial charge on any atom is -0.365 e. The maximum Gasteiger partial charge on any atom is 0.187 e. The smallest absolute Gasteiger partial charge is 0.187 e. The van der Waals surface area contributed by atoms with E-state index in [1.165, 1.54) is 6.42 Å². The van der Waals surface area contributed by atoms with Gasteiger partial charge in [0.15, 0.2) is 5.78 Å². The Morgan fingerprint density at radius 1 is 1.47 bits per heavy atom. The third-order valence-corrected chi connectivity index (χ3v) is 6.13. The maximum atomic E-state index is 12.1. The molecular formula is C12H13BrO2. The molecule has 80 valence electrons. The van der Waals surface area contributed by atoms with Crippen molar-refractivity contribution in [3.05, 3.63) is 11.6 Å². The molecule has 4 aliphatic rings. The number of carbonyl (C=O) groups excluding carboxylic acids is 1. The molecule has 0 spiro atoms. The molecule has 0 aromatic heterocycles. The number of ether oxygens (including phenoxy) is 1. The third kappa shape index (κ3) is 0.783. The molecule has 4 fully saturated rings. The number of ketones is 1. The highest BCUT2D eigenvalue weighted by Crippen LogP contribution is 2.66. The molecule has 4 rings (SSSR count). The van der Waals surface area contributed by atoms with Gasteiger partial charge in [0.25, 0.3) is 0 Å². The zero-order valence-electron chi connectivity index (χ0n) is 8.52. The minimum atomic E-state index is -0.0938. The van der Waals surface area contributed by atoms with Crippen molar-refractivity contribution in [3.8, 4) is 0 Å². The van der Waals surface area contributed by atoms with Gasteiger partial charge in [0.1, 0.15) is 6.10 Å². The second-order valence-corrected chi connectivity index (χ2v) is 6.30. The van der Waals surface area contributed by atoms with Gasteiger partial charge in [-0.2, -0.15) is 0 Å². The van der Waals surface area contributed by atoms with Crippen molar-refractivity contribution in [2.24, 2.45) is 23.7 Å². The van der Waals surface area contributed by atoms with Gasteiger partial charge < -0.3 is 4.74 Å². The molecule has 1 heterocycles. The van der Waals surface area contributed by atoms with Crippen molar-refractivity contribution in [3.63, 3.8) is 0 Å². The van der Waals surface area contributed by atoms with Gasteiger partial charge in [0, 0.05) is 10.7 Å². The first-order chi connectivity index (χ1) is 7.24.